The van der Waals surface area contributed by atoms with E-state index in [0.717, 1.165) is 5.01 Å². The van der Waals surface area contributed by atoms with Gasteiger partial charge in [-0.3, -0.25) is 4.79 Å². The van der Waals surface area contributed by atoms with E-state index in [2.05, 4.69) is 19.9 Å². The number of hydrogen-bond acceptors (Lipinski definition) is 7. The molecule has 2 aliphatic rings. The van der Waals surface area contributed by atoms with E-state index in [1.165, 1.54) is 11.3 Å². The van der Waals surface area contributed by atoms with Crippen molar-refractivity contribution >= 4 is 38.2 Å². The molecule has 136 valence electrons. The van der Waals surface area contributed by atoms with Crippen molar-refractivity contribution in [3.05, 3.63) is 34.8 Å². The third kappa shape index (κ3) is 3.10. The van der Waals surface area contributed by atoms with E-state index in [9.17, 15) is 13.2 Å². The molecule has 0 aliphatic carbocycles. The zero-order valence-corrected chi connectivity index (χ0v) is 15.7. The quantitative estimate of drug-likeness (QED) is 0.835. The standard InChI is InChI=1S/C16H17N5O3S2/c1-10-18-19-16(25-10)17-15(22)11-6-8-21(9-7-11)14-12-4-2-3-5-13(12)26(23,24)20-14/h2-5,11H,6-9H2,1H3,(H,17,19,22). The highest BCUT2D eigenvalue weighted by Crippen LogP contribution is 2.30. The van der Waals surface area contributed by atoms with Crippen LogP contribution in [0.25, 0.3) is 0 Å². The van der Waals surface area contributed by atoms with Crippen molar-refractivity contribution in [2.75, 3.05) is 18.4 Å². The number of carbonyl (C=O) groups excluding carboxylic acids is 1. The third-order valence-corrected chi connectivity index (χ3v) is 6.61. The molecule has 2 aromatic rings. The molecule has 0 atom stereocenters. The molecule has 0 radical (unpaired) electrons. The second-order valence-corrected chi connectivity index (χ2v) is 9.02. The molecule has 1 amide bonds. The predicted octanol–water partition coefficient (Wildman–Crippen LogP) is 1.65. The summed E-state index contributed by atoms with van der Waals surface area (Å²) in [6, 6.07) is 6.85. The van der Waals surface area contributed by atoms with Crippen molar-refractivity contribution in [1.29, 1.82) is 0 Å². The molecule has 2 aliphatic heterocycles. The Kier molecular flexibility index (Phi) is 4.23. The molecular formula is C16H17N5O3S2. The fraction of sp³-hybridized carbons (Fsp3) is 0.375. The normalized spacial score (nSPS) is 19.1. The number of nitrogens with zero attached hydrogens (tertiary/aromatic N) is 4. The minimum Gasteiger partial charge on any atom is -0.355 e. The maximum atomic E-state index is 12.4. The summed E-state index contributed by atoms with van der Waals surface area (Å²) in [6.07, 6.45) is 1.26. The van der Waals surface area contributed by atoms with Gasteiger partial charge in [0.15, 0.2) is 5.84 Å². The summed E-state index contributed by atoms with van der Waals surface area (Å²) in [7, 11) is -3.62. The van der Waals surface area contributed by atoms with Gasteiger partial charge in [-0.25, -0.2) is 0 Å². The Labute approximate surface area is 155 Å². The number of aromatic nitrogens is 2. The summed E-state index contributed by atoms with van der Waals surface area (Å²) in [5.74, 6) is 0.283. The number of rotatable bonds is 2. The molecule has 8 nitrogen and oxygen atoms in total. The van der Waals surface area contributed by atoms with Crippen LogP contribution in [0.5, 0.6) is 0 Å². The zero-order chi connectivity index (χ0) is 18.3. The third-order valence-electron chi connectivity index (χ3n) is 4.53. The molecule has 0 unspecified atom stereocenters. The van der Waals surface area contributed by atoms with E-state index in [4.69, 9.17) is 0 Å². The van der Waals surface area contributed by atoms with Gasteiger partial charge < -0.3 is 10.2 Å². The van der Waals surface area contributed by atoms with Crippen LogP contribution in [0.15, 0.2) is 33.6 Å². The van der Waals surface area contributed by atoms with Crippen molar-refractivity contribution in [2.45, 2.75) is 24.7 Å². The van der Waals surface area contributed by atoms with Gasteiger partial charge in [0, 0.05) is 24.6 Å². The predicted molar refractivity (Wildman–Crippen MR) is 97.7 cm³/mol. The van der Waals surface area contributed by atoms with E-state index < -0.39 is 10.0 Å². The smallest absolute Gasteiger partial charge is 0.285 e. The second kappa shape index (κ2) is 6.44. The molecule has 1 N–H and O–H groups in total. The molecule has 0 spiro atoms. The van der Waals surface area contributed by atoms with E-state index in [1.54, 1.807) is 24.3 Å². The maximum absolute atomic E-state index is 12.4. The molecule has 0 bridgehead atoms. The SMILES string of the molecule is Cc1nnc(NC(=O)C2CCN(C3=NS(=O)(=O)c4ccccc43)CC2)s1. The Morgan fingerprint density at radius 1 is 1.23 bits per heavy atom. The lowest BCUT2D eigenvalue weighted by atomic mass is 9.95. The number of aryl methyl sites for hydroxylation is 1. The molecule has 0 saturated carbocycles. The molecule has 1 aromatic carbocycles. The fourth-order valence-electron chi connectivity index (χ4n) is 3.22. The highest BCUT2D eigenvalue weighted by Gasteiger charge is 2.34. The first-order chi connectivity index (χ1) is 12.4. The van der Waals surface area contributed by atoms with Crippen molar-refractivity contribution in [1.82, 2.24) is 15.1 Å². The summed E-state index contributed by atoms with van der Waals surface area (Å²) in [5, 5.41) is 11.9. The lowest BCUT2D eigenvalue weighted by Gasteiger charge is -2.32. The average Bonchev–Trinajstić information content (AvgIpc) is 3.16. The number of amidine groups is 1. The molecule has 1 fully saturated rings. The van der Waals surface area contributed by atoms with Crippen molar-refractivity contribution in [2.24, 2.45) is 10.3 Å². The average molecular weight is 391 g/mol. The minimum absolute atomic E-state index is 0.0674. The van der Waals surface area contributed by atoms with Gasteiger partial charge in [0.25, 0.3) is 10.0 Å². The zero-order valence-electron chi connectivity index (χ0n) is 14.0. The molecule has 1 saturated heterocycles. The number of benzene rings is 1. The summed E-state index contributed by atoms with van der Waals surface area (Å²) in [6.45, 7) is 2.99. The number of anilines is 1. The van der Waals surface area contributed by atoms with Crippen LogP contribution in [0, 0.1) is 12.8 Å². The number of carbonyl (C=O) groups is 1. The Bertz CT molecular complexity index is 991. The largest absolute Gasteiger partial charge is 0.355 e. The van der Waals surface area contributed by atoms with Crippen molar-refractivity contribution in [3.63, 3.8) is 0 Å². The van der Waals surface area contributed by atoms with E-state index in [-0.39, 0.29) is 16.7 Å². The van der Waals surface area contributed by atoms with Gasteiger partial charge in [0.05, 0.1) is 0 Å². The first-order valence-corrected chi connectivity index (χ1v) is 10.5. The monoisotopic (exact) mass is 391 g/mol. The number of piperidine rings is 1. The lowest BCUT2D eigenvalue weighted by molar-refractivity contribution is -0.120. The first-order valence-electron chi connectivity index (χ1n) is 8.24. The molecule has 4 rings (SSSR count). The summed E-state index contributed by atoms with van der Waals surface area (Å²) in [5.41, 5.74) is 0.639. The highest BCUT2D eigenvalue weighted by atomic mass is 32.2. The van der Waals surface area contributed by atoms with Gasteiger partial charge in [0.1, 0.15) is 9.90 Å². The van der Waals surface area contributed by atoms with Gasteiger partial charge in [-0.1, -0.05) is 23.5 Å². The summed E-state index contributed by atoms with van der Waals surface area (Å²) in [4.78, 5) is 14.6. The number of amides is 1. The van der Waals surface area contributed by atoms with Gasteiger partial charge in [0.2, 0.25) is 11.0 Å². The molecule has 3 heterocycles. The van der Waals surface area contributed by atoms with Crippen LogP contribution < -0.4 is 5.32 Å². The Hall–Kier alpha value is -2.33. The topological polar surface area (TPSA) is 105 Å². The van der Waals surface area contributed by atoms with E-state index >= 15 is 0 Å². The van der Waals surface area contributed by atoms with Crippen LogP contribution in [0.4, 0.5) is 5.13 Å². The summed E-state index contributed by atoms with van der Waals surface area (Å²) >= 11 is 1.34. The van der Waals surface area contributed by atoms with Crippen LogP contribution in [0.3, 0.4) is 0 Å². The van der Waals surface area contributed by atoms with Gasteiger partial charge in [-0.05, 0) is 31.9 Å². The van der Waals surface area contributed by atoms with E-state index in [0.29, 0.717) is 42.5 Å². The summed E-state index contributed by atoms with van der Waals surface area (Å²) < 4.78 is 28.3. The molecule has 26 heavy (non-hydrogen) atoms. The number of hydrogen-bond donors (Lipinski definition) is 1. The van der Waals surface area contributed by atoms with Crippen LogP contribution in [-0.4, -0.2) is 48.3 Å². The molecule has 10 heteroatoms. The Balaban J connectivity index is 1.44. The van der Waals surface area contributed by atoms with Crippen molar-refractivity contribution < 1.29 is 13.2 Å². The van der Waals surface area contributed by atoms with Crippen LogP contribution in [-0.2, 0) is 14.8 Å². The molecular weight excluding hydrogens is 374 g/mol. The fourth-order valence-corrected chi connectivity index (χ4v) is 5.05. The van der Waals surface area contributed by atoms with Crippen molar-refractivity contribution in [3.8, 4) is 0 Å². The first kappa shape index (κ1) is 17.1. The number of likely N-dealkylation sites (tertiary alicyclic amines) is 1. The van der Waals surface area contributed by atoms with E-state index in [1.807, 2.05) is 11.8 Å². The number of nitrogens with one attached hydrogen (secondary N) is 1. The van der Waals surface area contributed by atoms with Gasteiger partial charge in [-0.15, -0.1) is 14.6 Å². The van der Waals surface area contributed by atoms with Gasteiger partial charge in [-0.2, -0.15) is 8.42 Å². The lowest BCUT2D eigenvalue weighted by Crippen LogP contribution is -2.41. The Morgan fingerprint density at radius 2 is 1.96 bits per heavy atom. The number of sulfonamides is 1. The minimum atomic E-state index is -3.62. The molecule has 1 aromatic heterocycles. The second-order valence-electron chi connectivity index (χ2n) is 6.26. The van der Waals surface area contributed by atoms with Crippen LogP contribution in [0.1, 0.15) is 23.4 Å². The van der Waals surface area contributed by atoms with Crippen LogP contribution in [0.2, 0.25) is 0 Å². The maximum Gasteiger partial charge on any atom is 0.285 e. The van der Waals surface area contributed by atoms with Crippen LogP contribution >= 0.6 is 11.3 Å². The Morgan fingerprint density at radius 3 is 2.65 bits per heavy atom. The number of fused-ring (bicyclic) bond motifs is 1. The van der Waals surface area contributed by atoms with Gasteiger partial charge >= 0.3 is 0 Å². The highest BCUT2D eigenvalue weighted by molar-refractivity contribution is 7.90.